The number of fused-ring (bicyclic) bond motifs is 1. The van der Waals surface area contributed by atoms with Gasteiger partial charge in [0.1, 0.15) is 5.75 Å². The largest absolute Gasteiger partial charge is 0.496 e. The average Bonchev–Trinajstić information content (AvgIpc) is 2.62. The molecule has 0 radical (unpaired) electrons. The van der Waals surface area contributed by atoms with Crippen LogP contribution in [0.5, 0.6) is 5.75 Å². The molecule has 0 spiro atoms. The Balaban J connectivity index is 1.94. The van der Waals surface area contributed by atoms with Gasteiger partial charge < -0.3 is 4.74 Å². The SMILES string of the molecule is COc1ccc2ccccc2c1/C=N\NS(=O)(=O)c1ccccc1. The monoisotopic (exact) mass is 340 g/mol. The molecule has 3 aromatic rings. The molecule has 3 rings (SSSR count). The summed E-state index contributed by atoms with van der Waals surface area (Å²) in [5.74, 6) is 0.622. The summed E-state index contributed by atoms with van der Waals surface area (Å²) in [5.41, 5.74) is 0.714. The first-order chi connectivity index (χ1) is 11.6. The van der Waals surface area contributed by atoms with E-state index in [9.17, 15) is 8.42 Å². The van der Waals surface area contributed by atoms with Crippen molar-refractivity contribution in [3.8, 4) is 5.75 Å². The van der Waals surface area contributed by atoms with E-state index < -0.39 is 10.0 Å². The molecule has 3 aromatic carbocycles. The van der Waals surface area contributed by atoms with Crippen LogP contribution in [0, 0.1) is 0 Å². The molecule has 0 saturated carbocycles. The van der Waals surface area contributed by atoms with Crippen LogP contribution in [0.25, 0.3) is 10.8 Å². The molecule has 0 aliphatic carbocycles. The number of benzene rings is 3. The van der Waals surface area contributed by atoms with Crippen molar-refractivity contribution in [2.75, 3.05) is 7.11 Å². The van der Waals surface area contributed by atoms with E-state index in [1.807, 2.05) is 36.4 Å². The summed E-state index contributed by atoms with van der Waals surface area (Å²) in [5, 5.41) is 5.85. The highest BCUT2D eigenvalue weighted by Gasteiger charge is 2.12. The predicted octanol–water partition coefficient (Wildman–Crippen LogP) is 3.16. The van der Waals surface area contributed by atoms with Gasteiger partial charge in [-0.25, -0.2) is 4.83 Å². The van der Waals surface area contributed by atoms with Crippen molar-refractivity contribution in [1.29, 1.82) is 0 Å². The van der Waals surface area contributed by atoms with E-state index in [2.05, 4.69) is 9.93 Å². The maximum atomic E-state index is 12.2. The molecule has 1 N–H and O–H groups in total. The first-order valence-electron chi connectivity index (χ1n) is 7.27. The standard InChI is InChI=1S/C18H16N2O3S/c1-23-18-12-11-14-7-5-6-10-16(14)17(18)13-19-20-24(21,22)15-8-3-2-4-9-15/h2-13,20H,1H3/b19-13-. The molecule has 0 atom stereocenters. The number of rotatable bonds is 5. The third-order valence-corrected chi connectivity index (χ3v) is 4.81. The van der Waals surface area contributed by atoms with Crippen LogP contribution in [0.4, 0.5) is 0 Å². The highest BCUT2D eigenvalue weighted by atomic mass is 32.2. The Labute approximate surface area is 140 Å². The molecule has 0 unspecified atom stereocenters. The fourth-order valence-electron chi connectivity index (χ4n) is 2.40. The Kier molecular flexibility index (Phi) is 4.48. The summed E-state index contributed by atoms with van der Waals surface area (Å²) < 4.78 is 29.7. The fraction of sp³-hybridized carbons (Fsp3) is 0.0556. The van der Waals surface area contributed by atoms with Crippen LogP contribution < -0.4 is 9.57 Å². The smallest absolute Gasteiger partial charge is 0.276 e. The van der Waals surface area contributed by atoms with E-state index >= 15 is 0 Å². The summed E-state index contributed by atoms with van der Waals surface area (Å²) >= 11 is 0. The lowest BCUT2D eigenvalue weighted by Crippen LogP contribution is -2.18. The van der Waals surface area contributed by atoms with E-state index in [1.165, 1.54) is 18.3 Å². The topological polar surface area (TPSA) is 67.8 Å². The third kappa shape index (κ3) is 3.23. The van der Waals surface area contributed by atoms with Gasteiger partial charge in [-0.3, -0.25) is 0 Å². The predicted molar refractivity (Wildman–Crippen MR) is 94.9 cm³/mol. The second-order valence-corrected chi connectivity index (χ2v) is 6.73. The van der Waals surface area contributed by atoms with E-state index in [4.69, 9.17) is 4.74 Å². The van der Waals surface area contributed by atoms with Gasteiger partial charge in [0.2, 0.25) is 0 Å². The van der Waals surface area contributed by atoms with Crippen molar-refractivity contribution in [2.45, 2.75) is 4.90 Å². The Morgan fingerprint density at radius 2 is 1.67 bits per heavy atom. The zero-order valence-corrected chi connectivity index (χ0v) is 13.8. The van der Waals surface area contributed by atoms with Gasteiger partial charge in [0.05, 0.1) is 18.2 Å². The van der Waals surface area contributed by atoms with Crippen LogP contribution in [-0.4, -0.2) is 21.7 Å². The molecular formula is C18H16N2O3S. The van der Waals surface area contributed by atoms with Gasteiger partial charge in [-0.05, 0) is 29.0 Å². The summed E-state index contributed by atoms with van der Waals surface area (Å²) in [7, 11) is -2.13. The van der Waals surface area contributed by atoms with Gasteiger partial charge >= 0.3 is 0 Å². The molecule has 5 nitrogen and oxygen atoms in total. The number of hydrogen-bond acceptors (Lipinski definition) is 4. The van der Waals surface area contributed by atoms with Crippen molar-refractivity contribution >= 4 is 27.0 Å². The van der Waals surface area contributed by atoms with Crippen LogP contribution in [0.3, 0.4) is 0 Å². The van der Waals surface area contributed by atoms with E-state index in [0.717, 1.165) is 10.8 Å². The zero-order valence-electron chi connectivity index (χ0n) is 13.0. The van der Waals surface area contributed by atoms with Gasteiger partial charge in [0, 0.05) is 5.56 Å². The second kappa shape index (κ2) is 6.72. The molecule has 0 aliphatic rings. The number of nitrogens with zero attached hydrogens (tertiary/aromatic N) is 1. The van der Waals surface area contributed by atoms with Crippen molar-refractivity contribution < 1.29 is 13.2 Å². The number of sulfonamides is 1. The van der Waals surface area contributed by atoms with Gasteiger partial charge in [0.15, 0.2) is 0 Å². The Bertz CT molecular complexity index is 984. The maximum Gasteiger partial charge on any atom is 0.276 e. The summed E-state index contributed by atoms with van der Waals surface area (Å²) in [6, 6.07) is 19.6. The lowest BCUT2D eigenvalue weighted by atomic mass is 10.0. The lowest BCUT2D eigenvalue weighted by molar-refractivity contribution is 0.415. The highest BCUT2D eigenvalue weighted by molar-refractivity contribution is 7.89. The number of ether oxygens (including phenoxy) is 1. The number of hydrazone groups is 1. The molecule has 0 fully saturated rings. The third-order valence-electron chi connectivity index (χ3n) is 3.57. The highest BCUT2D eigenvalue weighted by Crippen LogP contribution is 2.26. The fourth-order valence-corrected chi connectivity index (χ4v) is 3.21. The van der Waals surface area contributed by atoms with Crippen molar-refractivity contribution in [3.05, 3.63) is 72.3 Å². The minimum Gasteiger partial charge on any atom is -0.496 e. The first kappa shape index (κ1) is 16.0. The number of nitrogens with one attached hydrogen (secondary N) is 1. The second-order valence-electron chi connectivity index (χ2n) is 5.07. The molecule has 6 heteroatoms. The zero-order chi connectivity index (χ0) is 17.0. The minimum atomic E-state index is -3.69. The molecule has 0 saturated heterocycles. The number of hydrogen-bond donors (Lipinski definition) is 1. The van der Waals surface area contributed by atoms with Crippen LogP contribution in [-0.2, 0) is 10.0 Å². The Morgan fingerprint density at radius 3 is 2.42 bits per heavy atom. The number of methoxy groups -OCH3 is 1. The van der Waals surface area contributed by atoms with E-state index in [0.29, 0.717) is 11.3 Å². The van der Waals surface area contributed by atoms with Crippen LogP contribution >= 0.6 is 0 Å². The average molecular weight is 340 g/mol. The van der Waals surface area contributed by atoms with Gasteiger partial charge in [-0.2, -0.15) is 13.5 Å². The van der Waals surface area contributed by atoms with E-state index in [-0.39, 0.29) is 4.90 Å². The van der Waals surface area contributed by atoms with Gasteiger partial charge in [0.25, 0.3) is 10.0 Å². The van der Waals surface area contributed by atoms with Gasteiger partial charge in [-0.1, -0.05) is 48.5 Å². The Morgan fingerprint density at radius 1 is 0.958 bits per heavy atom. The molecular weight excluding hydrogens is 324 g/mol. The van der Waals surface area contributed by atoms with Crippen molar-refractivity contribution in [3.63, 3.8) is 0 Å². The summed E-state index contributed by atoms with van der Waals surface area (Å²) in [6.07, 6.45) is 1.46. The maximum absolute atomic E-state index is 12.2. The molecule has 0 aromatic heterocycles. The summed E-state index contributed by atoms with van der Waals surface area (Å²) in [4.78, 5) is 2.39. The van der Waals surface area contributed by atoms with Crippen LogP contribution in [0.1, 0.15) is 5.56 Å². The minimum absolute atomic E-state index is 0.159. The molecule has 122 valence electrons. The van der Waals surface area contributed by atoms with Crippen LogP contribution in [0.15, 0.2) is 76.7 Å². The molecule has 0 aliphatic heterocycles. The lowest BCUT2D eigenvalue weighted by Gasteiger charge is -2.08. The normalized spacial score (nSPS) is 11.7. The Hall–Kier alpha value is -2.86. The quantitative estimate of drug-likeness (QED) is 0.573. The molecule has 0 heterocycles. The van der Waals surface area contributed by atoms with Gasteiger partial charge in [-0.15, -0.1) is 0 Å². The van der Waals surface area contributed by atoms with Crippen LogP contribution in [0.2, 0.25) is 0 Å². The van der Waals surface area contributed by atoms with E-state index in [1.54, 1.807) is 25.3 Å². The first-order valence-corrected chi connectivity index (χ1v) is 8.76. The summed E-state index contributed by atoms with van der Waals surface area (Å²) in [6.45, 7) is 0. The van der Waals surface area contributed by atoms with Crippen molar-refractivity contribution in [2.24, 2.45) is 5.10 Å². The van der Waals surface area contributed by atoms with Crippen molar-refractivity contribution in [1.82, 2.24) is 4.83 Å². The molecule has 0 bridgehead atoms. The molecule has 0 amide bonds. The molecule has 24 heavy (non-hydrogen) atoms.